The van der Waals surface area contributed by atoms with E-state index < -0.39 is 0 Å². The maximum Gasteiger partial charge on any atom is 0.238 e. The van der Waals surface area contributed by atoms with E-state index in [0.29, 0.717) is 18.9 Å². The average Bonchev–Trinajstić information content (AvgIpc) is 2.55. The molecule has 1 aromatic rings. The van der Waals surface area contributed by atoms with Crippen LogP contribution in [0.5, 0.6) is 5.75 Å². The van der Waals surface area contributed by atoms with Crippen molar-refractivity contribution in [3.05, 3.63) is 24.3 Å². The molecule has 0 heterocycles. The molecule has 1 aliphatic rings. The van der Waals surface area contributed by atoms with E-state index in [1.54, 1.807) is 19.2 Å². The molecular weight excluding hydrogens is 332 g/mol. The highest BCUT2D eigenvalue weighted by Gasteiger charge is 2.24. The van der Waals surface area contributed by atoms with Crippen LogP contribution in [0.1, 0.15) is 25.7 Å². The minimum absolute atomic E-state index is 0. The highest BCUT2D eigenvalue weighted by molar-refractivity contribution is 5.92. The van der Waals surface area contributed by atoms with Crippen LogP contribution < -0.4 is 15.4 Å². The van der Waals surface area contributed by atoms with Crippen molar-refractivity contribution in [2.75, 3.05) is 32.1 Å². The van der Waals surface area contributed by atoms with Crippen LogP contribution in [0.25, 0.3) is 0 Å². The Labute approximate surface area is 149 Å². The fourth-order valence-corrected chi connectivity index (χ4v) is 2.59. The SMILES string of the molecule is COCCNCC(=O)Nc1ccc(OC2CCCCC2O)cc1.Cl. The topological polar surface area (TPSA) is 79.8 Å². The zero-order valence-corrected chi connectivity index (χ0v) is 14.8. The van der Waals surface area contributed by atoms with Crippen LogP contribution in [0.3, 0.4) is 0 Å². The first-order valence-corrected chi connectivity index (χ1v) is 8.13. The molecule has 2 atom stereocenters. The predicted molar refractivity (Wildman–Crippen MR) is 96.0 cm³/mol. The fourth-order valence-electron chi connectivity index (χ4n) is 2.59. The molecule has 3 N–H and O–H groups in total. The molecule has 24 heavy (non-hydrogen) atoms. The number of rotatable bonds is 8. The van der Waals surface area contributed by atoms with E-state index in [1.165, 1.54) is 0 Å². The summed E-state index contributed by atoms with van der Waals surface area (Å²) in [7, 11) is 1.62. The van der Waals surface area contributed by atoms with Crippen LogP contribution in [0.2, 0.25) is 0 Å². The van der Waals surface area contributed by atoms with Gasteiger partial charge in [-0.05, 0) is 43.5 Å². The van der Waals surface area contributed by atoms with E-state index in [9.17, 15) is 9.90 Å². The van der Waals surface area contributed by atoms with Crippen molar-refractivity contribution in [2.24, 2.45) is 0 Å². The number of methoxy groups -OCH3 is 1. The van der Waals surface area contributed by atoms with E-state index in [-0.39, 0.29) is 37.1 Å². The molecule has 136 valence electrons. The van der Waals surface area contributed by atoms with E-state index >= 15 is 0 Å². The lowest BCUT2D eigenvalue weighted by molar-refractivity contribution is -0.115. The van der Waals surface area contributed by atoms with Crippen LogP contribution in [0.4, 0.5) is 5.69 Å². The maximum absolute atomic E-state index is 11.7. The molecular formula is C17H27ClN2O4. The van der Waals surface area contributed by atoms with E-state index in [0.717, 1.165) is 31.4 Å². The molecule has 0 radical (unpaired) electrons. The van der Waals surface area contributed by atoms with Gasteiger partial charge in [-0.1, -0.05) is 6.42 Å². The van der Waals surface area contributed by atoms with Crippen molar-refractivity contribution in [3.63, 3.8) is 0 Å². The second-order valence-electron chi connectivity index (χ2n) is 5.75. The van der Waals surface area contributed by atoms with Crippen LogP contribution in [0, 0.1) is 0 Å². The van der Waals surface area contributed by atoms with Gasteiger partial charge in [-0.3, -0.25) is 4.79 Å². The third-order valence-corrected chi connectivity index (χ3v) is 3.86. The summed E-state index contributed by atoms with van der Waals surface area (Å²) < 4.78 is 10.7. The number of nitrogens with one attached hydrogen (secondary N) is 2. The van der Waals surface area contributed by atoms with Gasteiger partial charge in [-0.2, -0.15) is 0 Å². The summed E-state index contributed by atoms with van der Waals surface area (Å²) >= 11 is 0. The summed E-state index contributed by atoms with van der Waals surface area (Å²) in [4.78, 5) is 11.7. The Hall–Kier alpha value is -1.34. The summed E-state index contributed by atoms with van der Waals surface area (Å²) in [6, 6.07) is 7.24. The van der Waals surface area contributed by atoms with Gasteiger partial charge in [0, 0.05) is 19.3 Å². The van der Waals surface area contributed by atoms with Gasteiger partial charge >= 0.3 is 0 Å². The number of carbonyl (C=O) groups excluding carboxylic acids is 1. The molecule has 0 bridgehead atoms. The highest BCUT2D eigenvalue weighted by Crippen LogP contribution is 2.24. The van der Waals surface area contributed by atoms with Crippen molar-refractivity contribution < 1.29 is 19.4 Å². The van der Waals surface area contributed by atoms with Gasteiger partial charge in [0.05, 0.1) is 19.3 Å². The van der Waals surface area contributed by atoms with Crippen molar-refractivity contribution in [2.45, 2.75) is 37.9 Å². The maximum atomic E-state index is 11.7. The Morgan fingerprint density at radius 2 is 1.96 bits per heavy atom. The number of hydrogen-bond donors (Lipinski definition) is 3. The Morgan fingerprint density at radius 3 is 2.62 bits per heavy atom. The number of aliphatic hydroxyl groups excluding tert-OH is 1. The Bertz CT molecular complexity index is 484. The lowest BCUT2D eigenvalue weighted by Crippen LogP contribution is -2.34. The molecule has 1 amide bonds. The normalized spacial score (nSPS) is 20.1. The second-order valence-corrected chi connectivity index (χ2v) is 5.75. The Balaban J connectivity index is 0.00000288. The third-order valence-electron chi connectivity index (χ3n) is 3.86. The Morgan fingerprint density at radius 1 is 1.25 bits per heavy atom. The molecule has 1 saturated carbocycles. The number of aliphatic hydroxyl groups is 1. The summed E-state index contributed by atoms with van der Waals surface area (Å²) in [5, 5.41) is 15.7. The zero-order valence-electron chi connectivity index (χ0n) is 14.0. The van der Waals surface area contributed by atoms with Crippen LogP contribution in [-0.4, -0.2) is 50.0 Å². The van der Waals surface area contributed by atoms with Crippen LogP contribution in [0.15, 0.2) is 24.3 Å². The van der Waals surface area contributed by atoms with Crippen molar-refractivity contribution in [1.82, 2.24) is 5.32 Å². The largest absolute Gasteiger partial charge is 0.488 e. The number of hydrogen-bond acceptors (Lipinski definition) is 5. The summed E-state index contributed by atoms with van der Waals surface area (Å²) in [5.41, 5.74) is 0.722. The van der Waals surface area contributed by atoms with Gasteiger partial charge < -0.3 is 25.2 Å². The smallest absolute Gasteiger partial charge is 0.238 e. The van der Waals surface area contributed by atoms with E-state index in [2.05, 4.69) is 10.6 Å². The molecule has 6 nitrogen and oxygen atoms in total. The minimum Gasteiger partial charge on any atom is -0.488 e. The summed E-state index contributed by atoms with van der Waals surface area (Å²) in [6.07, 6.45) is 3.31. The number of carbonyl (C=O) groups is 1. The number of halogens is 1. The van der Waals surface area contributed by atoms with Crippen molar-refractivity contribution >= 4 is 24.0 Å². The summed E-state index contributed by atoms with van der Waals surface area (Å²) in [5.74, 6) is 0.615. The summed E-state index contributed by atoms with van der Waals surface area (Å²) in [6.45, 7) is 1.46. The molecule has 0 aromatic heterocycles. The van der Waals surface area contributed by atoms with Crippen molar-refractivity contribution in [3.8, 4) is 5.75 Å². The van der Waals surface area contributed by atoms with Gasteiger partial charge in [-0.25, -0.2) is 0 Å². The molecule has 0 aliphatic heterocycles. The number of ether oxygens (including phenoxy) is 2. The minimum atomic E-state index is -0.388. The monoisotopic (exact) mass is 358 g/mol. The first kappa shape index (κ1) is 20.7. The van der Waals surface area contributed by atoms with E-state index in [4.69, 9.17) is 9.47 Å². The van der Waals surface area contributed by atoms with Crippen molar-refractivity contribution in [1.29, 1.82) is 0 Å². The predicted octanol–water partition coefficient (Wildman–Crippen LogP) is 1.97. The van der Waals surface area contributed by atoms with Crippen LogP contribution >= 0.6 is 12.4 Å². The van der Waals surface area contributed by atoms with Crippen LogP contribution in [-0.2, 0) is 9.53 Å². The zero-order chi connectivity index (χ0) is 16.5. The van der Waals surface area contributed by atoms with Gasteiger partial charge in [0.15, 0.2) is 0 Å². The molecule has 2 unspecified atom stereocenters. The molecule has 0 spiro atoms. The highest BCUT2D eigenvalue weighted by atomic mass is 35.5. The quantitative estimate of drug-likeness (QED) is 0.619. The van der Waals surface area contributed by atoms with Gasteiger partial charge in [0.2, 0.25) is 5.91 Å². The van der Waals surface area contributed by atoms with Gasteiger partial charge in [0.1, 0.15) is 11.9 Å². The number of benzene rings is 1. The first-order chi connectivity index (χ1) is 11.2. The molecule has 2 rings (SSSR count). The molecule has 1 fully saturated rings. The molecule has 0 saturated heterocycles. The number of amides is 1. The number of anilines is 1. The van der Waals surface area contributed by atoms with E-state index in [1.807, 2.05) is 12.1 Å². The standard InChI is InChI=1S/C17H26N2O4.ClH/c1-22-11-10-18-12-17(21)19-13-6-8-14(9-7-13)23-16-5-3-2-4-15(16)20;/h6-9,15-16,18,20H,2-5,10-12H2,1H3,(H,19,21);1H. The lowest BCUT2D eigenvalue weighted by Gasteiger charge is -2.28. The Kier molecular flexibility index (Phi) is 9.71. The fraction of sp³-hybridized carbons (Fsp3) is 0.588. The molecule has 7 heteroatoms. The second kappa shape index (κ2) is 11.3. The average molecular weight is 359 g/mol. The molecule has 1 aliphatic carbocycles. The first-order valence-electron chi connectivity index (χ1n) is 8.13. The van der Waals surface area contributed by atoms with Gasteiger partial charge in [-0.15, -0.1) is 12.4 Å². The van der Waals surface area contributed by atoms with Gasteiger partial charge in [0.25, 0.3) is 0 Å². The molecule has 1 aromatic carbocycles. The lowest BCUT2D eigenvalue weighted by atomic mass is 9.95. The third kappa shape index (κ3) is 7.05.